The Morgan fingerprint density at radius 1 is 1.20 bits per heavy atom. The second-order valence-corrected chi connectivity index (χ2v) is 2.83. The number of aliphatic hydroxyl groups is 2. The molecular formula is C8H11N3O4. The molecule has 0 saturated heterocycles. The van der Waals surface area contributed by atoms with Gasteiger partial charge in [-0.2, -0.15) is 10.5 Å². The van der Waals surface area contributed by atoms with Gasteiger partial charge in [-0.25, -0.2) is 0 Å². The van der Waals surface area contributed by atoms with Crippen LogP contribution in [0.15, 0.2) is 0 Å². The molecular weight excluding hydrogens is 202 g/mol. The molecule has 0 aliphatic carbocycles. The summed E-state index contributed by atoms with van der Waals surface area (Å²) >= 11 is 0. The molecule has 0 amide bonds. The average Bonchev–Trinajstić information content (AvgIpc) is 2.20. The van der Waals surface area contributed by atoms with Gasteiger partial charge in [0.1, 0.15) is 0 Å². The standard InChI is InChI=1S/C8H11N3O4/c9-1-3-11(4-2-10)8(5-12,6-13)7(14)15/h12-13H,3-6H2,(H,14,15). The molecule has 0 bridgehead atoms. The molecule has 0 unspecified atom stereocenters. The van der Waals surface area contributed by atoms with Crippen molar-refractivity contribution in [3.8, 4) is 12.1 Å². The third kappa shape index (κ3) is 2.64. The summed E-state index contributed by atoms with van der Waals surface area (Å²) in [6.45, 7) is -2.47. The molecule has 7 heteroatoms. The summed E-state index contributed by atoms with van der Waals surface area (Å²) in [5, 5.41) is 43.7. The molecule has 0 aromatic carbocycles. The maximum atomic E-state index is 10.9. The fraction of sp³-hybridized carbons (Fsp3) is 0.625. The summed E-state index contributed by atoms with van der Waals surface area (Å²) in [7, 11) is 0. The highest BCUT2D eigenvalue weighted by atomic mass is 16.4. The minimum atomic E-state index is -1.98. The molecule has 0 saturated carbocycles. The van der Waals surface area contributed by atoms with Crippen LogP contribution in [0.5, 0.6) is 0 Å². The molecule has 0 aromatic heterocycles. The zero-order valence-electron chi connectivity index (χ0n) is 7.92. The third-order valence-corrected chi connectivity index (χ3v) is 2.05. The normalized spacial score (nSPS) is 10.7. The van der Waals surface area contributed by atoms with E-state index in [0.717, 1.165) is 4.90 Å². The first-order valence-corrected chi connectivity index (χ1v) is 4.03. The van der Waals surface area contributed by atoms with Crippen molar-refractivity contribution in [1.82, 2.24) is 4.90 Å². The first kappa shape index (κ1) is 13.3. The van der Waals surface area contributed by atoms with Gasteiger partial charge in [0.2, 0.25) is 0 Å². The van der Waals surface area contributed by atoms with Gasteiger partial charge in [-0.15, -0.1) is 0 Å². The number of nitrogens with zero attached hydrogens (tertiary/aromatic N) is 3. The third-order valence-electron chi connectivity index (χ3n) is 2.05. The van der Waals surface area contributed by atoms with Gasteiger partial charge >= 0.3 is 5.97 Å². The van der Waals surface area contributed by atoms with Gasteiger partial charge in [0.15, 0.2) is 5.54 Å². The lowest BCUT2D eigenvalue weighted by atomic mass is 9.99. The van der Waals surface area contributed by atoms with E-state index >= 15 is 0 Å². The van der Waals surface area contributed by atoms with Crippen LogP contribution in [-0.4, -0.2) is 58.0 Å². The second kappa shape index (κ2) is 5.94. The average molecular weight is 213 g/mol. The quantitative estimate of drug-likeness (QED) is 0.441. The van der Waals surface area contributed by atoms with E-state index in [1.807, 2.05) is 0 Å². The summed E-state index contributed by atoms with van der Waals surface area (Å²) in [5.41, 5.74) is -1.98. The van der Waals surface area contributed by atoms with Crippen LogP contribution in [0, 0.1) is 22.7 Å². The molecule has 0 aliphatic rings. The summed E-state index contributed by atoms with van der Waals surface area (Å²) in [4.78, 5) is 11.8. The molecule has 82 valence electrons. The first-order chi connectivity index (χ1) is 7.08. The zero-order valence-corrected chi connectivity index (χ0v) is 7.92. The number of aliphatic carboxylic acids is 1. The minimum absolute atomic E-state index is 0.360. The number of carbonyl (C=O) groups is 1. The summed E-state index contributed by atoms with van der Waals surface area (Å²) in [5.74, 6) is -1.47. The molecule has 7 nitrogen and oxygen atoms in total. The second-order valence-electron chi connectivity index (χ2n) is 2.83. The predicted molar refractivity (Wildman–Crippen MR) is 47.3 cm³/mol. The number of nitriles is 2. The van der Waals surface area contributed by atoms with Crippen molar-refractivity contribution >= 4 is 5.97 Å². The number of hydrogen-bond acceptors (Lipinski definition) is 6. The van der Waals surface area contributed by atoms with Crippen molar-refractivity contribution in [2.45, 2.75) is 5.54 Å². The first-order valence-electron chi connectivity index (χ1n) is 4.03. The maximum Gasteiger partial charge on any atom is 0.329 e. The molecule has 0 aliphatic heterocycles. The van der Waals surface area contributed by atoms with Crippen LogP contribution in [0.2, 0.25) is 0 Å². The summed E-state index contributed by atoms with van der Waals surface area (Å²) in [6.07, 6.45) is 0. The van der Waals surface area contributed by atoms with Gasteiger partial charge in [0, 0.05) is 0 Å². The van der Waals surface area contributed by atoms with Crippen LogP contribution in [0.4, 0.5) is 0 Å². The molecule has 0 radical (unpaired) electrons. The highest BCUT2D eigenvalue weighted by Crippen LogP contribution is 2.14. The minimum Gasteiger partial charge on any atom is -0.480 e. The monoisotopic (exact) mass is 213 g/mol. The van der Waals surface area contributed by atoms with Crippen LogP contribution in [-0.2, 0) is 4.79 Å². The van der Waals surface area contributed by atoms with Crippen LogP contribution < -0.4 is 0 Å². The van der Waals surface area contributed by atoms with Crippen molar-refractivity contribution in [3.63, 3.8) is 0 Å². The molecule has 15 heavy (non-hydrogen) atoms. The Balaban J connectivity index is 5.09. The van der Waals surface area contributed by atoms with Crippen molar-refractivity contribution < 1.29 is 20.1 Å². The van der Waals surface area contributed by atoms with Gasteiger partial charge in [-0.1, -0.05) is 0 Å². The predicted octanol–water partition coefficient (Wildman–Crippen LogP) is -1.86. The Labute approximate surface area is 86.4 Å². The lowest BCUT2D eigenvalue weighted by Gasteiger charge is -2.34. The molecule has 0 heterocycles. The van der Waals surface area contributed by atoms with Gasteiger partial charge < -0.3 is 15.3 Å². The van der Waals surface area contributed by atoms with E-state index in [2.05, 4.69) is 0 Å². The smallest absolute Gasteiger partial charge is 0.329 e. The van der Waals surface area contributed by atoms with E-state index in [1.54, 1.807) is 12.1 Å². The van der Waals surface area contributed by atoms with E-state index in [4.69, 9.17) is 25.8 Å². The molecule has 0 aromatic rings. The molecule has 0 spiro atoms. The fourth-order valence-electron chi connectivity index (χ4n) is 1.05. The number of aliphatic hydroxyl groups excluding tert-OH is 2. The van der Waals surface area contributed by atoms with Crippen LogP contribution in [0.25, 0.3) is 0 Å². The largest absolute Gasteiger partial charge is 0.480 e. The van der Waals surface area contributed by atoms with E-state index in [1.165, 1.54) is 0 Å². The number of hydrogen-bond donors (Lipinski definition) is 3. The van der Waals surface area contributed by atoms with Crippen molar-refractivity contribution in [2.24, 2.45) is 0 Å². The summed E-state index contributed by atoms with van der Waals surface area (Å²) in [6, 6.07) is 3.34. The van der Waals surface area contributed by atoms with Crippen molar-refractivity contribution in [3.05, 3.63) is 0 Å². The SMILES string of the molecule is N#CCN(CC#N)C(CO)(CO)C(=O)O. The molecule has 0 fully saturated rings. The van der Waals surface area contributed by atoms with Crippen LogP contribution in [0.1, 0.15) is 0 Å². The summed E-state index contributed by atoms with van der Waals surface area (Å²) < 4.78 is 0. The Morgan fingerprint density at radius 3 is 1.80 bits per heavy atom. The van der Waals surface area contributed by atoms with E-state index in [-0.39, 0.29) is 13.1 Å². The Hall–Kier alpha value is -1.67. The van der Waals surface area contributed by atoms with E-state index in [0.29, 0.717) is 0 Å². The van der Waals surface area contributed by atoms with E-state index in [9.17, 15) is 4.79 Å². The zero-order chi connectivity index (χ0) is 11.9. The molecule has 3 N–H and O–H groups in total. The number of carboxylic acids is 1. The van der Waals surface area contributed by atoms with Crippen molar-refractivity contribution in [2.75, 3.05) is 26.3 Å². The van der Waals surface area contributed by atoms with Crippen LogP contribution in [0.3, 0.4) is 0 Å². The Kier molecular flexibility index (Phi) is 5.27. The number of rotatable bonds is 6. The molecule has 0 atom stereocenters. The van der Waals surface area contributed by atoms with Gasteiger partial charge in [-0.3, -0.25) is 9.69 Å². The van der Waals surface area contributed by atoms with E-state index < -0.39 is 24.7 Å². The fourth-order valence-corrected chi connectivity index (χ4v) is 1.05. The van der Waals surface area contributed by atoms with Gasteiger partial charge in [-0.05, 0) is 0 Å². The lowest BCUT2D eigenvalue weighted by molar-refractivity contribution is -0.157. The Morgan fingerprint density at radius 2 is 1.60 bits per heavy atom. The maximum absolute atomic E-state index is 10.9. The lowest BCUT2D eigenvalue weighted by Crippen LogP contribution is -2.60. The topological polar surface area (TPSA) is 129 Å². The van der Waals surface area contributed by atoms with Gasteiger partial charge in [0.05, 0.1) is 38.4 Å². The highest BCUT2D eigenvalue weighted by Gasteiger charge is 2.43. The van der Waals surface area contributed by atoms with Gasteiger partial charge in [0.25, 0.3) is 0 Å². The number of carboxylic acid groups (broad SMARTS) is 1. The Bertz CT molecular complexity index is 284. The highest BCUT2D eigenvalue weighted by molar-refractivity contribution is 5.79. The molecule has 0 rings (SSSR count). The van der Waals surface area contributed by atoms with Crippen LogP contribution >= 0.6 is 0 Å². The van der Waals surface area contributed by atoms with Crippen molar-refractivity contribution in [1.29, 1.82) is 10.5 Å².